The zero-order chi connectivity index (χ0) is 12.3. The third-order valence-corrected chi connectivity index (χ3v) is 2.74. The molecule has 0 unspecified atom stereocenters. The minimum atomic E-state index is -0.693. The van der Waals surface area contributed by atoms with Crippen LogP contribution in [0.1, 0.15) is 10.4 Å². The van der Waals surface area contributed by atoms with Crippen molar-refractivity contribution in [3.05, 3.63) is 47.9 Å². The summed E-state index contributed by atoms with van der Waals surface area (Å²) in [4.78, 5) is 19.1. The Kier molecular flexibility index (Phi) is 3.34. The van der Waals surface area contributed by atoms with E-state index >= 15 is 0 Å². The number of nitrogens with zero attached hydrogens (tertiary/aromatic N) is 2. The van der Waals surface area contributed by atoms with Crippen molar-refractivity contribution in [2.75, 3.05) is 5.73 Å². The molecule has 0 saturated heterocycles. The quantitative estimate of drug-likeness (QED) is 0.652. The van der Waals surface area contributed by atoms with E-state index in [0.29, 0.717) is 5.56 Å². The van der Waals surface area contributed by atoms with Crippen LogP contribution in [0.5, 0.6) is 0 Å². The summed E-state index contributed by atoms with van der Waals surface area (Å²) in [7, 11) is 0. The SMILES string of the molecule is Nc1nc(SC(=O)c2ccccc2)ncc1F. The summed E-state index contributed by atoms with van der Waals surface area (Å²) < 4.78 is 12.8. The molecule has 1 aromatic carbocycles. The first-order chi connectivity index (χ1) is 8.16. The highest BCUT2D eigenvalue weighted by atomic mass is 32.2. The van der Waals surface area contributed by atoms with Crippen molar-refractivity contribution >= 4 is 22.7 Å². The Balaban J connectivity index is 2.16. The van der Waals surface area contributed by atoms with Crippen molar-refractivity contribution < 1.29 is 9.18 Å². The molecule has 0 saturated carbocycles. The van der Waals surface area contributed by atoms with Gasteiger partial charge >= 0.3 is 0 Å². The number of nitrogen functional groups attached to an aromatic ring is 1. The number of hydrogen-bond acceptors (Lipinski definition) is 5. The maximum Gasteiger partial charge on any atom is 0.227 e. The molecule has 4 nitrogen and oxygen atoms in total. The number of anilines is 1. The number of rotatable bonds is 2. The van der Waals surface area contributed by atoms with Crippen LogP contribution in [0.3, 0.4) is 0 Å². The summed E-state index contributed by atoms with van der Waals surface area (Å²) in [6.45, 7) is 0. The Hall–Kier alpha value is -1.95. The standard InChI is InChI=1S/C11H8FN3OS/c12-8-6-14-11(15-9(8)13)17-10(16)7-4-2-1-3-5-7/h1-6H,(H2,13,14,15). The van der Waals surface area contributed by atoms with Crippen LogP contribution in [0.25, 0.3) is 0 Å². The van der Waals surface area contributed by atoms with Crippen molar-refractivity contribution in [1.29, 1.82) is 0 Å². The molecule has 0 bridgehead atoms. The molecule has 0 aliphatic carbocycles. The first kappa shape index (κ1) is 11.5. The maximum atomic E-state index is 12.8. The van der Waals surface area contributed by atoms with Crippen molar-refractivity contribution in [2.24, 2.45) is 0 Å². The van der Waals surface area contributed by atoms with Gasteiger partial charge in [0.1, 0.15) is 0 Å². The highest BCUT2D eigenvalue weighted by Crippen LogP contribution is 2.20. The Labute approximate surface area is 101 Å². The normalized spacial score (nSPS) is 10.2. The number of benzene rings is 1. The summed E-state index contributed by atoms with van der Waals surface area (Å²) in [5.74, 6) is -0.954. The minimum Gasteiger partial charge on any atom is -0.381 e. The van der Waals surface area contributed by atoms with Gasteiger partial charge in [-0.1, -0.05) is 30.3 Å². The Bertz CT molecular complexity index is 548. The Morgan fingerprint density at radius 1 is 1.29 bits per heavy atom. The summed E-state index contributed by atoms with van der Waals surface area (Å²) in [5, 5.41) is -0.0747. The fourth-order valence-electron chi connectivity index (χ4n) is 1.13. The van der Waals surface area contributed by atoms with Crippen LogP contribution in [-0.2, 0) is 0 Å². The van der Waals surface area contributed by atoms with Gasteiger partial charge in [-0.05, 0) is 11.8 Å². The molecule has 1 heterocycles. The van der Waals surface area contributed by atoms with Gasteiger partial charge in [-0.25, -0.2) is 14.4 Å². The summed E-state index contributed by atoms with van der Waals surface area (Å²) in [6.07, 6.45) is 0.947. The molecule has 0 fully saturated rings. The van der Waals surface area contributed by atoms with E-state index in [9.17, 15) is 9.18 Å². The topological polar surface area (TPSA) is 68.9 Å². The first-order valence-electron chi connectivity index (χ1n) is 4.72. The first-order valence-corrected chi connectivity index (χ1v) is 5.53. The minimum absolute atomic E-state index is 0.137. The molecule has 0 spiro atoms. The molecular formula is C11H8FN3OS. The molecule has 0 atom stereocenters. The highest BCUT2D eigenvalue weighted by Gasteiger charge is 2.11. The second kappa shape index (κ2) is 4.92. The lowest BCUT2D eigenvalue weighted by atomic mass is 10.2. The van der Waals surface area contributed by atoms with E-state index in [0.717, 1.165) is 18.0 Å². The second-order valence-corrected chi connectivity index (χ2v) is 4.08. The van der Waals surface area contributed by atoms with Gasteiger partial charge in [-0.15, -0.1) is 0 Å². The van der Waals surface area contributed by atoms with Crippen LogP contribution in [0.2, 0.25) is 0 Å². The molecule has 86 valence electrons. The zero-order valence-corrected chi connectivity index (χ0v) is 9.45. The number of thioether (sulfide) groups is 1. The van der Waals surface area contributed by atoms with Crippen molar-refractivity contribution in [3.8, 4) is 0 Å². The number of hydrogen-bond donors (Lipinski definition) is 1. The van der Waals surface area contributed by atoms with E-state index in [-0.39, 0.29) is 16.1 Å². The van der Waals surface area contributed by atoms with Crippen LogP contribution in [0.4, 0.5) is 10.2 Å². The molecule has 0 aliphatic heterocycles. The summed E-state index contributed by atoms with van der Waals surface area (Å²) in [5.41, 5.74) is 5.82. The van der Waals surface area contributed by atoms with E-state index in [1.807, 2.05) is 6.07 Å². The van der Waals surface area contributed by atoms with E-state index < -0.39 is 5.82 Å². The number of nitrogens with two attached hydrogens (primary N) is 1. The predicted octanol–water partition coefficient (Wildman–Crippen LogP) is 2.13. The fraction of sp³-hybridized carbons (Fsp3) is 0. The van der Waals surface area contributed by atoms with Gasteiger partial charge in [-0.3, -0.25) is 4.79 Å². The third-order valence-electron chi connectivity index (χ3n) is 1.94. The molecule has 0 radical (unpaired) electrons. The highest BCUT2D eigenvalue weighted by molar-refractivity contribution is 8.14. The van der Waals surface area contributed by atoms with Gasteiger partial charge in [0.05, 0.1) is 6.20 Å². The van der Waals surface area contributed by atoms with E-state index in [4.69, 9.17) is 5.73 Å². The Morgan fingerprint density at radius 3 is 2.65 bits per heavy atom. The number of aromatic nitrogens is 2. The molecule has 17 heavy (non-hydrogen) atoms. The lowest BCUT2D eigenvalue weighted by Crippen LogP contribution is -2.00. The zero-order valence-electron chi connectivity index (χ0n) is 8.63. The van der Waals surface area contributed by atoms with E-state index in [2.05, 4.69) is 9.97 Å². The molecule has 2 aromatic rings. The van der Waals surface area contributed by atoms with Crippen LogP contribution < -0.4 is 5.73 Å². The van der Waals surface area contributed by atoms with Crippen molar-refractivity contribution in [2.45, 2.75) is 5.16 Å². The predicted molar refractivity (Wildman–Crippen MR) is 63.0 cm³/mol. The van der Waals surface area contributed by atoms with Gasteiger partial charge in [0, 0.05) is 5.56 Å². The van der Waals surface area contributed by atoms with Gasteiger partial charge in [0.25, 0.3) is 0 Å². The van der Waals surface area contributed by atoms with Crippen molar-refractivity contribution in [3.63, 3.8) is 0 Å². The molecule has 0 aliphatic rings. The lowest BCUT2D eigenvalue weighted by Gasteiger charge is -2.00. The Morgan fingerprint density at radius 2 is 2.00 bits per heavy atom. The second-order valence-electron chi connectivity index (χ2n) is 3.14. The molecular weight excluding hydrogens is 241 g/mol. The largest absolute Gasteiger partial charge is 0.381 e. The number of halogens is 1. The molecule has 0 amide bonds. The number of carbonyl (C=O) groups excluding carboxylic acids is 1. The van der Waals surface area contributed by atoms with Crippen LogP contribution in [0, 0.1) is 5.82 Å². The number of carbonyl (C=O) groups is 1. The fourth-order valence-corrected chi connectivity index (χ4v) is 1.80. The molecule has 1 aromatic heterocycles. The summed E-state index contributed by atoms with van der Waals surface area (Å²) >= 11 is 0.812. The average molecular weight is 249 g/mol. The molecule has 2 rings (SSSR count). The molecule has 2 N–H and O–H groups in total. The van der Waals surface area contributed by atoms with Crippen LogP contribution in [0.15, 0.2) is 41.7 Å². The van der Waals surface area contributed by atoms with Crippen LogP contribution >= 0.6 is 11.8 Å². The smallest absolute Gasteiger partial charge is 0.227 e. The van der Waals surface area contributed by atoms with Gasteiger partial charge in [-0.2, -0.15) is 0 Å². The average Bonchev–Trinajstić information content (AvgIpc) is 2.35. The third kappa shape index (κ3) is 2.79. The van der Waals surface area contributed by atoms with E-state index in [1.54, 1.807) is 24.3 Å². The summed E-state index contributed by atoms with van der Waals surface area (Å²) in [6, 6.07) is 8.69. The molecule has 6 heteroatoms. The monoisotopic (exact) mass is 249 g/mol. The van der Waals surface area contributed by atoms with Gasteiger partial charge in [0.15, 0.2) is 16.8 Å². The van der Waals surface area contributed by atoms with Crippen LogP contribution in [-0.4, -0.2) is 15.1 Å². The maximum absolute atomic E-state index is 12.8. The van der Waals surface area contributed by atoms with Gasteiger partial charge in [0.2, 0.25) is 5.12 Å². The lowest BCUT2D eigenvalue weighted by molar-refractivity contribution is 0.108. The van der Waals surface area contributed by atoms with Gasteiger partial charge < -0.3 is 5.73 Å². The van der Waals surface area contributed by atoms with Crippen molar-refractivity contribution in [1.82, 2.24) is 9.97 Å². The van der Waals surface area contributed by atoms with E-state index in [1.165, 1.54) is 0 Å².